The van der Waals surface area contributed by atoms with Crippen molar-refractivity contribution in [3.63, 3.8) is 0 Å². The van der Waals surface area contributed by atoms with Gasteiger partial charge in [0, 0.05) is 37.6 Å². The highest BCUT2D eigenvalue weighted by atomic mass is 16.2. The summed E-state index contributed by atoms with van der Waals surface area (Å²) in [5.74, 6) is -0.112. The van der Waals surface area contributed by atoms with Gasteiger partial charge in [-0.3, -0.25) is 14.5 Å². The normalized spacial score (nSPS) is 14.5. The smallest absolute Gasteiger partial charge is 0.274 e. The van der Waals surface area contributed by atoms with Crippen LogP contribution in [-0.2, 0) is 4.79 Å². The first-order valence-electron chi connectivity index (χ1n) is 10.1. The monoisotopic (exact) mass is 403 g/mol. The lowest BCUT2D eigenvalue weighted by atomic mass is 10.2. The number of anilines is 1. The Bertz CT molecular complexity index is 1010. The summed E-state index contributed by atoms with van der Waals surface area (Å²) >= 11 is 0. The highest BCUT2D eigenvalue weighted by Gasteiger charge is 2.25. The number of aromatic nitrogens is 2. The summed E-state index contributed by atoms with van der Waals surface area (Å²) in [6, 6.07) is 21.0. The molecule has 0 spiro atoms. The summed E-state index contributed by atoms with van der Waals surface area (Å²) in [6.07, 6.45) is 0. The topological polar surface area (TPSA) is 70.5 Å². The van der Waals surface area contributed by atoms with E-state index in [9.17, 15) is 9.59 Å². The highest BCUT2D eigenvalue weighted by Crippen LogP contribution is 2.14. The molecule has 0 bridgehead atoms. The summed E-state index contributed by atoms with van der Waals surface area (Å²) in [5, 5.41) is 7.42. The van der Waals surface area contributed by atoms with E-state index in [0.717, 1.165) is 17.1 Å². The maximum absolute atomic E-state index is 12.9. The molecule has 1 fully saturated rings. The van der Waals surface area contributed by atoms with Crippen molar-refractivity contribution in [2.24, 2.45) is 0 Å². The number of para-hydroxylation sites is 2. The molecule has 1 saturated heterocycles. The molecule has 0 radical (unpaired) electrons. The standard InChI is InChI=1S/C23H25N5O2/c1-18-16-21(25-28(18)20-10-6-3-7-11-20)23(30)27-14-12-26(13-15-27)17-22(29)24-19-8-4-2-5-9-19/h2-11,16H,12-15,17H2,1H3,(H,24,29). The second-order valence-electron chi connectivity index (χ2n) is 7.40. The fourth-order valence-electron chi connectivity index (χ4n) is 3.61. The van der Waals surface area contributed by atoms with Gasteiger partial charge in [0.05, 0.1) is 12.2 Å². The van der Waals surface area contributed by atoms with E-state index < -0.39 is 0 Å². The summed E-state index contributed by atoms with van der Waals surface area (Å²) in [7, 11) is 0. The van der Waals surface area contributed by atoms with Crippen molar-refractivity contribution in [3.8, 4) is 5.69 Å². The molecule has 1 aliphatic heterocycles. The predicted octanol–water partition coefficient (Wildman–Crippen LogP) is 2.58. The average molecular weight is 403 g/mol. The zero-order valence-corrected chi connectivity index (χ0v) is 17.0. The Kier molecular flexibility index (Phi) is 5.90. The fraction of sp³-hybridized carbons (Fsp3) is 0.261. The van der Waals surface area contributed by atoms with Gasteiger partial charge in [-0.15, -0.1) is 0 Å². The average Bonchev–Trinajstić information content (AvgIpc) is 3.16. The minimum atomic E-state index is -0.0684. The van der Waals surface area contributed by atoms with Crippen molar-refractivity contribution in [2.45, 2.75) is 6.92 Å². The number of carbonyl (C=O) groups excluding carboxylic acids is 2. The largest absolute Gasteiger partial charge is 0.335 e. The van der Waals surface area contributed by atoms with Crippen molar-refractivity contribution in [1.82, 2.24) is 19.6 Å². The zero-order chi connectivity index (χ0) is 20.9. The van der Waals surface area contributed by atoms with Crippen LogP contribution in [0.25, 0.3) is 5.69 Å². The molecule has 2 amide bonds. The van der Waals surface area contributed by atoms with E-state index in [2.05, 4.69) is 15.3 Å². The first-order valence-corrected chi connectivity index (χ1v) is 10.1. The number of amides is 2. The third-order valence-electron chi connectivity index (χ3n) is 5.19. The minimum Gasteiger partial charge on any atom is -0.335 e. The first-order chi connectivity index (χ1) is 14.6. The quantitative estimate of drug-likeness (QED) is 0.711. The Morgan fingerprint density at radius 3 is 2.23 bits per heavy atom. The Balaban J connectivity index is 1.32. The number of benzene rings is 2. The molecular weight excluding hydrogens is 378 g/mol. The van der Waals surface area contributed by atoms with Crippen molar-refractivity contribution < 1.29 is 9.59 Å². The lowest BCUT2D eigenvalue weighted by Crippen LogP contribution is -2.50. The Morgan fingerprint density at radius 1 is 0.933 bits per heavy atom. The van der Waals surface area contributed by atoms with Crippen LogP contribution >= 0.6 is 0 Å². The van der Waals surface area contributed by atoms with E-state index in [1.165, 1.54) is 0 Å². The zero-order valence-electron chi connectivity index (χ0n) is 17.0. The third-order valence-corrected chi connectivity index (χ3v) is 5.19. The number of piperazine rings is 1. The van der Waals surface area contributed by atoms with Gasteiger partial charge in [0.15, 0.2) is 5.69 Å². The van der Waals surface area contributed by atoms with E-state index in [0.29, 0.717) is 38.4 Å². The summed E-state index contributed by atoms with van der Waals surface area (Å²) in [6.45, 7) is 4.74. The molecule has 2 aromatic carbocycles. The van der Waals surface area contributed by atoms with Gasteiger partial charge < -0.3 is 10.2 Å². The third kappa shape index (κ3) is 4.58. The molecule has 30 heavy (non-hydrogen) atoms. The number of rotatable bonds is 5. The van der Waals surface area contributed by atoms with Gasteiger partial charge in [-0.2, -0.15) is 5.10 Å². The van der Waals surface area contributed by atoms with E-state index in [4.69, 9.17) is 0 Å². The predicted molar refractivity (Wildman–Crippen MR) is 116 cm³/mol. The molecule has 0 unspecified atom stereocenters. The molecule has 7 nitrogen and oxygen atoms in total. The van der Waals surface area contributed by atoms with Gasteiger partial charge >= 0.3 is 0 Å². The molecule has 1 N–H and O–H groups in total. The number of carbonyl (C=O) groups is 2. The molecule has 0 atom stereocenters. The molecule has 3 aromatic rings. The van der Waals surface area contributed by atoms with Crippen LogP contribution in [0.4, 0.5) is 5.69 Å². The fourth-order valence-corrected chi connectivity index (χ4v) is 3.61. The van der Waals surface area contributed by atoms with Crippen LogP contribution in [0.2, 0.25) is 0 Å². The number of nitrogens with one attached hydrogen (secondary N) is 1. The van der Waals surface area contributed by atoms with Crippen LogP contribution in [0.1, 0.15) is 16.2 Å². The number of nitrogens with zero attached hydrogens (tertiary/aromatic N) is 4. The molecule has 7 heteroatoms. The SMILES string of the molecule is Cc1cc(C(=O)N2CCN(CC(=O)Nc3ccccc3)CC2)nn1-c1ccccc1. The Labute approximate surface area is 175 Å². The van der Waals surface area contributed by atoms with Crippen LogP contribution in [0.5, 0.6) is 0 Å². The lowest BCUT2D eigenvalue weighted by molar-refractivity contribution is -0.117. The molecule has 0 aliphatic carbocycles. The summed E-state index contributed by atoms with van der Waals surface area (Å²) in [5.41, 5.74) is 3.09. The maximum atomic E-state index is 12.9. The molecule has 2 heterocycles. The van der Waals surface area contributed by atoms with Gasteiger partial charge in [0.25, 0.3) is 5.91 Å². The first kappa shape index (κ1) is 19.8. The van der Waals surface area contributed by atoms with E-state index in [1.54, 1.807) is 4.68 Å². The van der Waals surface area contributed by atoms with Crippen molar-refractivity contribution >= 4 is 17.5 Å². The second-order valence-corrected chi connectivity index (χ2v) is 7.40. The molecule has 0 saturated carbocycles. The second kappa shape index (κ2) is 8.92. The van der Waals surface area contributed by atoms with Gasteiger partial charge in [-0.05, 0) is 37.3 Å². The number of hydrogen-bond donors (Lipinski definition) is 1. The van der Waals surface area contributed by atoms with Crippen LogP contribution in [0.15, 0.2) is 66.7 Å². The van der Waals surface area contributed by atoms with Gasteiger partial charge in [-0.25, -0.2) is 4.68 Å². The minimum absolute atomic E-state index is 0.0433. The van der Waals surface area contributed by atoms with E-state index >= 15 is 0 Å². The van der Waals surface area contributed by atoms with Crippen molar-refractivity contribution in [1.29, 1.82) is 0 Å². The Hall–Kier alpha value is -3.45. The number of hydrogen-bond acceptors (Lipinski definition) is 4. The van der Waals surface area contributed by atoms with Crippen LogP contribution in [-0.4, -0.2) is 64.1 Å². The van der Waals surface area contributed by atoms with Crippen molar-refractivity contribution in [2.75, 3.05) is 38.0 Å². The Morgan fingerprint density at radius 2 is 1.57 bits per heavy atom. The molecule has 154 valence electrons. The summed E-state index contributed by atoms with van der Waals surface area (Å²) in [4.78, 5) is 29.0. The highest BCUT2D eigenvalue weighted by molar-refractivity contribution is 5.93. The van der Waals surface area contributed by atoms with Gasteiger partial charge in [-0.1, -0.05) is 36.4 Å². The van der Waals surface area contributed by atoms with Crippen LogP contribution in [0, 0.1) is 6.92 Å². The van der Waals surface area contributed by atoms with Crippen LogP contribution in [0.3, 0.4) is 0 Å². The van der Waals surface area contributed by atoms with Crippen LogP contribution < -0.4 is 5.32 Å². The van der Waals surface area contributed by atoms with E-state index in [1.807, 2.05) is 78.6 Å². The molecule has 4 rings (SSSR count). The van der Waals surface area contributed by atoms with E-state index in [-0.39, 0.29) is 11.8 Å². The van der Waals surface area contributed by atoms with Gasteiger partial charge in [0.2, 0.25) is 5.91 Å². The van der Waals surface area contributed by atoms with Crippen molar-refractivity contribution in [3.05, 3.63) is 78.1 Å². The molecule has 1 aliphatic rings. The number of aryl methyl sites for hydroxylation is 1. The summed E-state index contributed by atoms with van der Waals surface area (Å²) < 4.78 is 1.79. The molecular formula is C23H25N5O2. The maximum Gasteiger partial charge on any atom is 0.274 e. The van der Waals surface area contributed by atoms with Gasteiger partial charge in [0.1, 0.15) is 0 Å². The molecule has 1 aromatic heterocycles. The lowest BCUT2D eigenvalue weighted by Gasteiger charge is -2.33.